The highest BCUT2D eigenvalue weighted by molar-refractivity contribution is 6.12. The molecular formula is C47H37N. The van der Waals surface area contributed by atoms with Gasteiger partial charge in [-0.2, -0.15) is 0 Å². The zero-order valence-corrected chi connectivity index (χ0v) is 27.3. The normalized spacial score (nSPS) is 11.0. The van der Waals surface area contributed by atoms with Crippen LogP contribution in [0.5, 0.6) is 0 Å². The molecule has 0 aliphatic carbocycles. The van der Waals surface area contributed by atoms with E-state index < -0.39 is 0 Å². The van der Waals surface area contributed by atoms with Gasteiger partial charge in [0.15, 0.2) is 0 Å². The van der Waals surface area contributed by atoms with E-state index in [1.54, 1.807) is 0 Å². The predicted octanol–water partition coefficient (Wildman–Crippen LogP) is 13.2. The molecule has 7 aromatic rings. The van der Waals surface area contributed by atoms with Crippen molar-refractivity contribution in [3.05, 3.63) is 176 Å². The fourth-order valence-electron chi connectivity index (χ4n) is 7.09. The maximum Gasteiger partial charge on any atom is 0.0702 e. The fraction of sp³-hybridized carbons (Fsp3) is 0.0426. The number of aromatic nitrogens is 1. The van der Waals surface area contributed by atoms with Gasteiger partial charge in [0, 0.05) is 17.3 Å². The molecule has 0 saturated heterocycles. The summed E-state index contributed by atoms with van der Waals surface area (Å²) in [5.41, 5.74) is 14.4. The molecule has 1 nitrogen and oxygen atoms in total. The first kappa shape index (κ1) is 30.6. The molecule has 0 aliphatic rings. The van der Waals surface area contributed by atoms with Crippen molar-refractivity contribution in [2.24, 2.45) is 0 Å². The highest BCUT2D eigenvalue weighted by Crippen LogP contribution is 2.45. The van der Waals surface area contributed by atoms with Crippen LogP contribution in [0, 0.1) is 0 Å². The Kier molecular flexibility index (Phi) is 8.28. The molecule has 230 valence electrons. The van der Waals surface area contributed by atoms with E-state index in [9.17, 15) is 0 Å². The lowest BCUT2D eigenvalue weighted by molar-refractivity contribution is 1.13. The minimum absolute atomic E-state index is 0.926. The van der Waals surface area contributed by atoms with E-state index >= 15 is 0 Å². The van der Waals surface area contributed by atoms with Crippen LogP contribution in [0.3, 0.4) is 0 Å². The predicted molar refractivity (Wildman–Crippen MR) is 211 cm³/mol. The summed E-state index contributed by atoms with van der Waals surface area (Å²) in [5, 5.41) is 4.77. The van der Waals surface area contributed by atoms with E-state index in [4.69, 9.17) is 4.98 Å². The Balaban J connectivity index is 1.32. The van der Waals surface area contributed by atoms with Gasteiger partial charge in [0.1, 0.15) is 0 Å². The lowest BCUT2D eigenvalue weighted by atomic mass is 9.81. The van der Waals surface area contributed by atoms with E-state index in [1.165, 1.54) is 16.3 Å². The first-order chi connectivity index (χ1) is 23.6. The summed E-state index contributed by atoms with van der Waals surface area (Å²) >= 11 is 0. The van der Waals surface area contributed by atoms with Crippen LogP contribution in [0.2, 0.25) is 0 Å². The molecule has 0 fully saturated rings. The van der Waals surface area contributed by atoms with Gasteiger partial charge in [0.05, 0.1) is 5.69 Å². The molecule has 1 aromatic heterocycles. The summed E-state index contributed by atoms with van der Waals surface area (Å²) in [6.07, 6.45) is 10.7. The highest BCUT2D eigenvalue weighted by Gasteiger charge is 2.21. The van der Waals surface area contributed by atoms with Crippen LogP contribution in [0.15, 0.2) is 148 Å². The fourth-order valence-corrected chi connectivity index (χ4v) is 7.09. The van der Waals surface area contributed by atoms with Gasteiger partial charge in [-0.3, -0.25) is 4.98 Å². The average Bonchev–Trinajstić information content (AvgIpc) is 3.16. The van der Waals surface area contributed by atoms with Gasteiger partial charge in [-0.15, -0.1) is 0 Å². The quantitative estimate of drug-likeness (QED) is 0.157. The van der Waals surface area contributed by atoms with Crippen LogP contribution in [0.25, 0.3) is 90.5 Å². The Hall–Kier alpha value is -6.05. The van der Waals surface area contributed by atoms with E-state index in [0.29, 0.717) is 0 Å². The molecule has 7 rings (SSSR count). The second-order valence-electron chi connectivity index (χ2n) is 12.0. The number of pyridine rings is 1. The standard InChI is InChI=1S/C47H37N/c1-6-31-25-27-44(39(8-3)38(31)7-2)47-41(10-5)40(9-4)46(42-17-13-14-18-43(42)47)34-22-19-33(20-23-34)37-26-28-45(48-30-37)36-24-21-32-15-11-12-16-35(32)29-36/h7-30H,2-6H2,1H3. The minimum Gasteiger partial charge on any atom is -0.256 e. The number of aryl methyl sites for hydroxylation is 1. The van der Waals surface area contributed by atoms with Crippen molar-refractivity contribution in [3.63, 3.8) is 0 Å². The van der Waals surface area contributed by atoms with Crippen molar-refractivity contribution in [1.82, 2.24) is 4.98 Å². The number of fused-ring (bicyclic) bond motifs is 2. The number of rotatable bonds is 9. The molecule has 1 heterocycles. The molecule has 48 heavy (non-hydrogen) atoms. The second-order valence-corrected chi connectivity index (χ2v) is 12.0. The van der Waals surface area contributed by atoms with Crippen molar-refractivity contribution in [1.29, 1.82) is 0 Å². The van der Waals surface area contributed by atoms with Gasteiger partial charge in [0.2, 0.25) is 0 Å². The largest absolute Gasteiger partial charge is 0.256 e. The third-order valence-corrected chi connectivity index (χ3v) is 9.45. The van der Waals surface area contributed by atoms with Gasteiger partial charge < -0.3 is 0 Å². The molecule has 0 radical (unpaired) electrons. The molecule has 0 aliphatic heterocycles. The molecule has 1 heteroatoms. The van der Waals surface area contributed by atoms with Gasteiger partial charge in [-0.05, 0) is 95.7 Å². The van der Waals surface area contributed by atoms with Crippen LogP contribution in [0.4, 0.5) is 0 Å². The van der Waals surface area contributed by atoms with Gasteiger partial charge in [-0.1, -0.05) is 161 Å². The Labute approximate surface area is 283 Å². The van der Waals surface area contributed by atoms with Gasteiger partial charge in [0.25, 0.3) is 0 Å². The highest BCUT2D eigenvalue weighted by atomic mass is 14.7. The molecular weight excluding hydrogens is 579 g/mol. The van der Waals surface area contributed by atoms with Crippen molar-refractivity contribution in [2.75, 3.05) is 0 Å². The zero-order chi connectivity index (χ0) is 33.2. The Morgan fingerprint density at radius 3 is 1.73 bits per heavy atom. The first-order valence-electron chi connectivity index (χ1n) is 16.4. The lowest BCUT2D eigenvalue weighted by Gasteiger charge is -2.22. The number of hydrogen-bond donors (Lipinski definition) is 0. The number of nitrogens with zero attached hydrogens (tertiary/aromatic N) is 1. The molecule has 0 N–H and O–H groups in total. The molecule has 0 bridgehead atoms. The van der Waals surface area contributed by atoms with Crippen LogP contribution >= 0.6 is 0 Å². The Morgan fingerprint density at radius 2 is 1.08 bits per heavy atom. The van der Waals surface area contributed by atoms with Crippen molar-refractivity contribution in [2.45, 2.75) is 13.3 Å². The summed E-state index contributed by atoms with van der Waals surface area (Å²) < 4.78 is 0. The second kappa shape index (κ2) is 13.0. The maximum atomic E-state index is 4.84. The van der Waals surface area contributed by atoms with Crippen molar-refractivity contribution < 1.29 is 0 Å². The van der Waals surface area contributed by atoms with E-state index in [2.05, 4.69) is 149 Å². The summed E-state index contributed by atoms with van der Waals surface area (Å²) in [6.45, 7) is 19.1. The molecule has 0 atom stereocenters. The van der Waals surface area contributed by atoms with Crippen LogP contribution in [-0.4, -0.2) is 4.98 Å². The Bertz CT molecular complexity index is 2370. The van der Waals surface area contributed by atoms with Crippen molar-refractivity contribution >= 4 is 45.8 Å². The molecule has 0 spiro atoms. The maximum absolute atomic E-state index is 4.84. The van der Waals surface area contributed by atoms with E-state index in [-0.39, 0.29) is 0 Å². The zero-order valence-electron chi connectivity index (χ0n) is 27.3. The summed E-state index contributed by atoms with van der Waals surface area (Å²) in [5.74, 6) is 0. The smallest absolute Gasteiger partial charge is 0.0702 e. The lowest BCUT2D eigenvalue weighted by Crippen LogP contribution is -1.99. The molecule has 6 aromatic carbocycles. The number of benzene rings is 6. The SMILES string of the molecule is C=Cc1c(CC)ccc(-c2c(C=C)c(C=C)c(-c3ccc(-c4ccc(-c5ccc6ccccc6c5)nc4)cc3)c3ccccc23)c1C=C. The molecule has 0 saturated carbocycles. The Morgan fingerprint density at radius 1 is 0.500 bits per heavy atom. The first-order valence-corrected chi connectivity index (χ1v) is 16.4. The van der Waals surface area contributed by atoms with E-state index in [0.717, 1.165) is 84.1 Å². The monoisotopic (exact) mass is 615 g/mol. The third kappa shape index (κ3) is 5.20. The summed E-state index contributed by atoms with van der Waals surface area (Å²) in [4.78, 5) is 4.84. The van der Waals surface area contributed by atoms with Crippen LogP contribution in [0.1, 0.15) is 34.7 Å². The van der Waals surface area contributed by atoms with Crippen molar-refractivity contribution in [3.8, 4) is 44.6 Å². The minimum atomic E-state index is 0.926. The van der Waals surface area contributed by atoms with Crippen LogP contribution < -0.4 is 0 Å². The number of hydrogen-bond acceptors (Lipinski definition) is 1. The average molecular weight is 616 g/mol. The molecule has 0 amide bonds. The van der Waals surface area contributed by atoms with E-state index in [1.807, 2.05) is 30.5 Å². The van der Waals surface area contributed by atoms with Crippen LogP contribution in [-0.2, 0) is 6.42 Å². The summed E-state index contributed by atoms with van der Waals surface area (Å²) in [6, 6.07) is 41.0. The molecule has 0 unspecified atom stereocenters. The van der Waals surface area contributed by atoms with Gasteiger partial charge >= 0.3 is 0 Å². The third-order valence-electron chi connectivity index (χ3n) is 9.45. The topological polar surface area (TPSA) is 12.9 Å². The summed E-state index contributed by atoms with van der Waals surface area (Å²) in [7, 11) is 0. The van der Waals surface area contributed by atoms with Gasteiger partial charge in [-0.25, -0.2) is 0 Å².